The van der Waals surface area contributed by atoms with Gasteiger partial charge in [-0.1, -0.05) is 22.0 Å². The summed E-state index contributed by atoms with van der Waals surface area (Å²) in [6, 6.07) is 6.69. The minimum Gasteiger partial charge on any atom is -0.370 e. The van der Waals surface area contributed by atoms with Gasteiger partial charge in [-0.3, -0.25) is 0 Å². The van der Waals surface area contributed by atoms with Crippen LogP contribution in [0.3, 0.4) is 0 Å². The first-order valence-corrected chi connectivity index (χ1v) is 7.20. The number of anilines is 1. The number of halogens is 1. The number of hydrogen-bond acceptors (Lipinski definition) is 2. The Morgan fingerprint density at radius 2 is 2.18 bits per heavy atom. The van der Waals surface area contributed by atoms with E-state index in [4.69, 9.17) is 0 Å². The van der Waals surface area contributed by atoms with E-state index in [1.54, 1.807) is 0 Å². The van der Waals surface area contributed by atoms with Gasteiger partial charge in [0, 0.05) is 35.2 Å². The van der Waals surface area contributed by atoms with Crippen LogP contribution in [0.5, 0.6) is 0 Å². The molecule has 0 atom stereocenters. The SMILES string of the molecule is Cc1ccc(N2CC3(CCCNC3)C2)cc1Br. The largest absolute Gasteiger partial charge is 0.370 e. The Morgan fingerprint density at radius 1 is 1.35 bits per heavy atom. The lowest BCUT2D eigenvalue weighted by molar-refractivity contribution is 0.157. The van der Waals surface area contributed by atoms with Gasteiger partial charge in [0.15, 0.2) is 0 Å². The second-order valence-corrected chi connectivity index (χ2v) is 6.42. The summed E-state index contributed by atoms with van der Waals surface area (Å²) in [5.41, 5.74) is 3.23. The lowest BCUT2D eigenvalue weighted by Gasteiger charge is -2.53. The number of nitrogens with one attached hydrogen (secondary N) is 1. The fourth-order valence-corrected chi connectivity index (χ4v) is 3.39. The highest BCUT2D eigenvalue weighted by molar-refractivity contribution is 9.10. The second kappa shape index (κ2) is 4.29. The molecule has 2 aliphatic heterocycles. The van der Waals surface area contributed by atoms with Gasteiger partial charge >= 0.3 is 0 Å². The van der Waals surface area contributed by atoms with Crippen LogP contribution in [0.1, 0.15) is 18.4 Å². The number of benzene rings is 1. The summed E-state index contributed by atoms with van der Waals surface area (Å²) in [4.78, 5) is 2.50. The van der Waals surface area contributed by atoms with E-state index in [0.29, 0.717) is 5.41 Å². The van der Waals surface area contributed by atoms with Gasteiger partial charge in [-0.2, -0.15) is 0 Å². The molecule has 1 aromatic rings. The van der Waals surface area contributed by atoms with Crippen LogP contribution in [0.15, 0.2) is 22.7 Å². The first kappa shape index (κ1) is 11.5. The zero-order valence-corrected chi connectivity index (χ0v) is 11.9. The van der Waals surface area contributed by atoms with Gasteiger partial charge < -0.3 is 10.2 Å². The van der Waals surface area contributed by atoms with Gasteiger partial charge in [-0.15, -0.1) is 0 Å². The average Bonchev–Trinajstić information content (AvgIpc) is 2.31. The zero-order chi connectivity index (χ0) is 11.9. The molecule has 0 bridgehead atoms. The highest BCUT2D eigenvalue weighted by Crippen LogP contribution is 2.39. The molecule has 17 heavy (non-hydrogen) atoms. The van der Waals surface area contributed by atoms with Crippen LogP contribution in [0.4, 0.5) is 5.69 Å². The smallest absolute Gasteiger partial charge is 0.0378 e. The van der Waals surface area contributed by atoms with Gasteiger partial charge in [0.2, 0.25) is 0 Å². The van der Waals surface area contributed by atoms with Crippen LogP contribution < -0.4 is 10.2 Å². The fraction of sp³-hybridized carbons (Fsp3) is 0.571. The monoisotopic (exact) mass is 294 g/mol. The second-order valence-electron chi connectivity index (χ2n) is 5.57. The van der Waals surface area contributed by atoms with Crippen molar-refractivity contribution in [2.75, 3.05) is 31.1 Å². The van der Waals surface area contributed by atoms with E-state index >= 15 is 0 Å². The van der Waals surface area contributed by atoms with Crippen LogP contribution >= 0.6 is 15.9 Å². The predicted octanol–water partition coefficient (Wildman–Crippen LogP) is 2.95. The molecule has 3 rings (SSSR count). The molecule has 1 aromatic carbocycles. The summed E-state index contributed by atoms with van der Waals surface area (Å²) in [6.45, 7) is 6.98. The lowest BCUT2D eigenvalue weighted by Crippen LogP contribution is -2.62. The molecule has 0 saturated carbocycles. The molecule has 1 N–H and O–H groups in total. The number of hydrogen-bond donors (Lipinski definition) is 1. The summed E-state index contributed by atoms with van der Waals surface area (Å²) < 4.78 is 1.22. The third kappa shape index (κ3) is 2.11. The molecule has 0 aliphatic carbocycles. The van der Waals surface area contributed by atoms with E-state index in [0.717, 1.165) is 0 Å². The van der Waals surface area contributed by atoms with E-state index in [9.17, 15) is 0 Å². The van der Waals surface area contributed by atoms with Gasteiger partial charge in [-0.05, 0) is 44.0 Å². The Balaban J connectivity index is 1.70. The fourth-order valence-electron chi connectivity index (χ4n) is 3.02. The van der Waals surface area contributed by atoms with Crippen molar-refractivity contribution in [1.82, 2.24) is 5.32 Å². The molecule has 0 amide bonds. The maximum atomic E-state index is 3.62. The number of aryl methyl sites for hydroxylation is 1. The van der Waals surface area contributed by atoms with Gasteiger partial charge in [0.1, 0.15) is 0 Å². The van der Waals surface area contributed by atoms with Crippen molar-refractivity contribution in [3.63, 3.8) is 0 Å². The summed E-state index contributed by atoms with van der Waals surface area (Å²) in [6.07, 6.45) is 2.73. The van der Waals surface area contributed by atoms with Crippen LogP contribution in [0, 0.1) is 12.3 Å². The Kier molecular flexibility index (Phi) is 2.91. The van der Waals surface area contributed by atoms with Crippen molar-refractivity contribution >= 4 is 21.6 Å². The lowest BCUT2D eigenvalue weighted by atomic mass is 9.74. The summed E-state index contributed by atoms with van der Waals surface area (Å²) in [5, 5.41) is 3.53. The molecular formula is C14H19BrN2. The topological polar surface area (TPSA) is 15.3 Å². The Morgan fingerprint density at radius 3 is 2.82 bits per heavy atom. The van der Waals surface area contributed by atoms with Crippen molar-refractivity contribution in [3.8, 4) is 0 Å². The molecule has 2 aliphatic rings. The van der Waals surface area contributed by atoms with Crippen LogP contribution in [-0.2, 0) is 0 Å². The highest BCUT2D eigenvalue weighted by atomic mass is 79.9. The first-order valence-electron chi connectivity index (χ1n) is 6.40. The highest BCUT2D eigenvalue weighted by Gasteiger charge is 2.43. The van der Waals surface area contributed by atoms with Crippen LogP contribution in [0.2, 0.25) is 0 Å². The van der Waals surface area contributed by atoms with Gasteiger partial charge in [0.25, 0.3) is 0 Å². The summed E-state index contributed by atoms with van der Waals surface area (Å²) in [7, 11) is 0. The van der Waals surface area contributed by atoms with E-state index < -0.39 is 0 Å². The van der Waals surface area contributed by atoms with Crippen molar-refractivity contribution in [3.05, 3.63) is 28.2 Å². The van der Waals surface area contributed by atoms with E-state index in [1.165, 1.54) is 54.7 Å². The van der Waals surface area contributed by atoms with Crippen LogP contribution in [-0.4, -0.2) is 26.2 Å². The standard InChI is InChI=1S/C14H19BrN2/c1-11-3-4-12(7-13(11)15)17-9-14(10-17)5-2-6-16-8-14/h3-4,7,16H,2,5-6,8-10H2,1H3. The summed E-state index contributed by atoms with van der Waals surface area (Å²) >= 11 is 3.62. The van der Waals surface area contributed by atoms with Crippen molar-refractivity contribution < 1.29 is 0 Å². The number of nitrogens with zero attached hydrogens (tertiary/aromatic N) is 1. The minimum atomic E-state index is 0.565. The number of piperidine rings is 1. The molecule has 2 saturated heterocycles. The normalized spacial score (nSPS) is 22.6. The van der Waals surface area contributed by atoms with E-state index in [1.807, 2.05) is 0 Å². The predicted molar refractivity (Wildman–Crippen MR) is 75.6 cm³/mol. The third-order valence-electron chi connectivity index (χ3n) is 4.13. The summed E-state index contributed by atoms with van der Waals surface area (Å²) in [5.74, 6) is 0. The maximum absolute atomic E-state index is 3.62. The van der Waals surface area contributed by atoms with E-state index in [2.05, 4.69) is 51.3 Å². The molecule has 1 spiro atoms. The molecule has 3 heteroatoms. The van der Waals surface area contributed by atoms with Crippen molar-refractivity contribution in [2.45, 2.75) is 19.8 Å². The molecule has 2 nitrogen and oxygen atoms in total. The Labute approximate surface area is 112 Å². The van der Waals surface area contributed by atoms with Crippen molar-refractivity contribution in [2.24, 2.45) is 5.41 Å². The molecule has 0 unspecified atom stereocenters. The molecule has 2 fully saturated rings. The third-order valence-corrected chi connectivity index (χ3v) is 4.99. The molecular weight excluding hydrogens is 276 g/mol. The van der Waals surface area contributed by atoms with E-state index in [-0.39, 0.29) is 0 Å². The minimum absolute atomic E-state index is 0.565. The first-order chi connectivity index (χ1) is 8.19. The molecule has 0 aromatic heterocycles. The Bertz CT molecular complexity index is 416. The zero-order valence-electron chi connectivity index (χ0n) is 10.3. The molecule has 92 valence electrons. The number of rotatable bonds is 1. The quantitative estimate of drug-likeness (QED) is 0.857. The van der Waals surface area contributed by atoms with Crippen molar-refractivity contribution in [1.29, 1.82) is 0 Å². The Hall–Kier alpha value is -0.540. The molecule has 2 heterocycles. The van der Waals surface area contributed by atoms with Gasteiger partial charge in [0.05, 0.1) is 0 Å². The average molecular weight is 295 g/mol. The molecule has 0 radical (unpaired) electrons. The van der Waals surface area contributed by atoms with Crippen LogP contribution in [0.25, 0.3) is 0 Å². The maximum Gasteiger partial charge on any atom is 0.0378 e. The van der Waals surface area contributed by atoms with Gasteiger partial charge in [-0.25, -0.2) is 0 Å².